The summed E-state index contributed by atoms with van der Waals surface area (Å²) in [6.07, 6.45) is 0.980. The van der Waals surface area contributed by atoms with E-state index in [2.05, 4.69) is 5.32 Å². The van der Waals surface area contributed by atoms with Crippen LogP contribution in [0, 0.1) is 0 Å². The van der Waals surface area contributed by atoms with E-state index in [1.54, 1.807) is 30.2 Å². The number of furan rings is 1. The number of halogens is 1. The van der Waals surface area contributed by atoms with E-state index < -0.39 is 19.2 Å². The number of ether oxygens (including phenoxy) is 1. The van der Waals surface area contributed by atoms with Gasteiger partial charge in [-0.05, 0) is 42.0 Å². The first-order valence-electron chi connectivity index (χ1n) is 9.13. The van der Waals surface area contributed by atoms with Gasteiger partial charge in [-0.3, -0.25) is 0 Å². The molecule has 1 heterocycles. The van der Waals surface area contributed by atoms with Crippen molar-refractivity contribution in [2.75, 3.05) is 5.75 Å². The zero-order chi connectivity index (χ0) is 20.8. The van der Waals surface area contributed by atoms with Gasteiger partial charge in [-0.25, -0.2) is 4.79 Å². The van der Waals surface area contributed by atoms with E-state index in [0.29, 0.717) is 10.6 Å². The van der Waals surface area contributed by atoms with Crippen LogP contribution in [-0.4, -0.2) is 35.0 Å². The lowest BCUT2D eigenvalue weighted by atomic mass is 9.76. The van der Waals surface area contributed by atoms with Gasteiger partial charge in [-0.15, -0.1) is 11.8 Å². The van der Waals surface area contributed by atoms with Crippen molar-refractivity contribution in [3.8, 4) is 0 Å². The molecule has 0 radical (unpaired) electrons. The highest BCUT2D eigenvalue weighted by molar-refractivity contribution is 7.99. The molecule has 152 valence electrons. The molecule has 9 heteroatoms. The number of alkyl carbamates (subject to hydrolysis) is 1. The molecule has 2 aromatic carbocycles. The monoisotopic (exact) mass is 433 g/mol. The fourth-order valence-electron chi connectivity index (χ4n) is 2.95. The lowest BCUT2D eigenvalue weighted by Gasteiger charge is -2.17. The molecule has 0 bridgehead atoms. The van der Waals surface area contributed by atoms with E-state index in [4.69, 9.17) is 20.8 Å². The lowest BCUT2D eigenvalue weighted by molar-refractivity contribution is 0.136. The number of thioether (sulfide) groups is 1. The standard InChI is InChI=1S/C20H21BClNO5S/c1-2-29-18-8-7-15(22)9-14(18)12-28-20(24)23-19(21(25)26)10-13-11-27-17-6-4-3-5-16(13)17/h3-9,11,19,25-26H,2,10,12H2,1H3,(H,23,24). The molecule has 1 aromatic heterocycles. The van der Waals surface area contributed by atoms with Gasteiger partial charge in [0, 0.05) is 20.9 Å². The number of rotatable bonds is 8. The number of amides is 1. The molecule has 1 amide bonds. The number of para-hydroxylation sites is 1. The Hall–Kier alpha value is -2.13. The van der Waals surface area contributed by atoms with E-state index in [1.165, 1.54) is 0 Å². The van der Waals surface area contributed by atoms with Crippen molar-refractivity contribution >= 4 is 47.5 Å². The topological polar surface area (TPSA) is 91.9 Å². The third-order valence-electron chi connectivity index (χ3n) is 4.35. The first-order valence-corrected chi connectivity index (χ1v) is 10.5. The maximum Gasteiger partial charge on any atom is 0.475 e. The summed E-state index contributed by atoms with van der Waals surface area (Å²) in [4.78, 5) is 13.2. The fourth-order valence-corrected chi connectivity index (χ4v) is 3.93. The van der Waals surface area contributed by atoms with Crippen LogP contribution in [0.5, 0.6) is 0 Å². The van der Waals surface area contributed by atoms with Crippen LogP contribution in [0.4, 0.5) is 4.79 Å². The molecule has 3 aromatic rings. The van der Waals surface area contributed by atoms with E-state index in [0.717, 1.165) is 27.2 Å². The summed E-state index contributed by atoms with van der Waals surface area (Å²) in [6, 6.07) is 12.8. The summed E-state index contributed by atoms with van der Waals surface area (Å²) >= 11 is 7.67. The predicted octanol–water partition coefficient (Wildman–Crippen LogP) is 4.05. The van der Waals surface area contributed by atoms with E-state index in [9.17, 15) is 14.8 Å². The molecule has 6 nitrogen and oxygen atoms in total. The van der Waals surface area contributed by atoms with Gasteiger partial charge in [0.2, 0.25) is 0 Å². The van der Waals surface area contributed by atoms with Crippen molar-refractivity contribution < 1.29 is 24.0 Å². The van der Waals surface area contributed by atoms with Crippen LogP contribution in [0.2, 0.25) is 5.02 Å². The van der Waals surface area contributed by atoms with Crippen LogP contribution in [0.25, 0.3) is 11.0 Å². The highest BCUT2D eigenvalue weighted by Crippen LogP contribution is 2.26. The smallest absolute Gasteiger partial charge is 0.464 e. The minimum atomic E-state index is -1.76. The van der Waals surface area contributed by atoms with Crippen molar-refractivity contribution in [2.24, 2.45) is 0 Å². The molecule has 3 N–H and O–H groups in total. The second kappa shape index (κ2) is 10.1. The summed E-state index contributed by atoms with van der Waals surface area (Å²) in [7, 11) is -1.76. The zero-order valence-electron chi connectivity index (χ0n) is 15.8. The maximum atomic E-state index is 12.3. The number of nitrogens with one attached hydrogen (secondary N) is 1. The van der Waals surface area contributed by atoms with Crippen molar-refractivity contribution in [3.05, 3.63) is 64.9 Å². The van der Waals surface area contributed by atoms with Crippen molar-refractivity contribution in [1.29, 1.82) is 0 Å². The molecule has 0 fully saturated rings. The SMILES string of the molecule is CCSc1ccc(Cl)cc1COC(=O)NC(Cc1coc2ccccc12)B(O)O. The first kappa shape index (κ1) is 21.6. The molecule has 0 aliphatic heterocycles. The van der Waals surface area contributed by atoms with Gasteiger partial charge in [0.05, 0.1) is 12.2 Å². The average molecular weight is 434 g/mol. The van der Waals surface area contributed by atoms with Crippen LogP contribution in [0.15, 0.2) is 58.0 Å². The van der Waals surface area contributed by atoms with Crippen LogP contribution in [0.3, 0.4) is 0 Å². The zero-order valence-corrected chi connectivity index (χ0v) is 17.4. The van der Waals surface area contributed by atoms with Gasteiger partial charge < -0.3 is 24.5 Å². The molecular formula is C20H21BClNO5S. The van der Waals surface area contributed by atoms with Crippen molar-refractivity contribution in [1.82, 2.24) is 5.32 Å². The van der Waals surface area contributed by atoms with Gasteiger partial charge in [0.25, 0.3) is 0 Å². The predicted molar refractivity (Wildman–Crippen MR) is 115 cm³/mol. The number of carbonyl (C=O) groups is 1. The minimum Gasteiger partial charge on any atom is -0.464 e. The largest absolute Gasteiger partial charge is 0.475 e. The van der Waals surface area contributed by atoms with Crippen molar-refractivity contribution in [2.45, 2.75) is 30.8 Å². The number of fused-ring (bicyclic) bond motifs is 1. The Morgan fingerprint density at radius 1 is 1.28 bits per heavy atom. The first-order chi connectivity index (χ1) is 14.0. The summed E-state index contributed by atoms with van der Waals surface area (Å²) in [5, 5.41) is 23.3. The van der Waals surface area contributed by atoms with Crippen LogP contribution in [-0.2, 0) is 17.8 Å². The van der Waals surface area contributed by atoms with Crippen LogP contribution < -0.4 is 5.32 Å². The summed E-state index contributed by atoms with van der Waals surface area (Å²) < 4.78 is 10.8. The number of hydrogen-bond donors (Lipinski definition) is 3. The normalized spacial score (nSPS) is 12.0. The Bertz CT molecular complexity index is 980. The third kappa shape index (κ3) is 5.70. The summed E-state index contributed by atoms with van der Waals surface area (Å²) in [5.41, 5.74) is 2.25. The molecular weight excluding hydrogens is 413 g/mol. The highest BCUT2D eigenvalue weighted by atomic mass is 35.5. The summed E-state index contributed by atoms with van der Waals surface area (Å²) in [5.74, 6) is -0.0782. The van der Waals surface area contributed by atoms with E-state index in [1.807, 2.05) is 37.3 Å². The Morgan fingerprint density at radius 3 is 2.83 bits per heavy atom. The minimum absolute atomic E-state index is 0.0254. The molecule has 1 atom stereocenters. The Balaban J connectivity index is 1.64. The molecule has 0 spiro atoms. The number of carbonyl (C=O) groups excluding carboxylic acids is 1. The molecule has 29 heavy (non-hydrogen) atoms. The number of hydrogen-bond acceptors (Lipinski definition) is 6. The average Bonchev–Trinajstić information content (AvgIpc) is 3.10. The molecule has 0 saturated heterocycles. The van der Waals surface area contributed by atoms with Gasteiger partial charge in [-0.1, -0.05) is 36.7 Å². The molecule has 0 saturated carbocycles. The van der Waals surface area contributed by atoms with Gasteiger partial charge in [-0.2, -0.15) is 0 Å². The quantitative estimate of drug-likeness (QED) is 0.367. The van der Waals surface area contributed by atoms with Crippen LogP contribution >= 0.6 is 23.4 Å². The van der Waals surface area contributed by atoms with E-state index in [-0.39, 0.29) is 13.0 Å². The highest BCUT2D eigenvalue weighted by Gasteiger charge is 2.27. The maximum absolute atomic E-state index is 12.3. The fraction of sp³-hybridized carbons (Fsp3) is 0.250. The van der Waals surface area contributed by atoms with Gasteiger partial charge in [0.15, 0.2) is 0 Å². The molecule has 3 rings (SSSR count). The van der Waals surface area contributed by atoms with E-state index >= 15 is 0 Å². The molecule has 0 aliphatic rings. The lowest BCUT2D eigenvalue weighted by Crippen LogP contribution is -2.48. The second-order valence-electron chi connectivity index (χ2n) is 6.39. The van der Waals surface area contributed by atoms with Gasteiger partial charge >= 0.3 is 13.2 Å². The Kier molecular flexibility index (Phi) is 7.49. The van der Waals surface area contributed by atoms with Crippen molar-refractivity contribution in [3.63, 3.8) is 0 Å². The number of benzene rings is 2. The van der Waals surface area contributed by atoms with Gasteiger partial charge in [0.1, 0.15) is 12.2 Å². The molecule has 0 aliphatic carbocycles. The Morgan fingerprint density at radius 2 is 2.07 bits per heavy atom. The summed E-state index contributed by atoms with van der Waals surface area (Å²) in [6.45, 7) is 2.06. The Labute approximate surface area is 178 Å². The third-order valence-corrected chi connectivity index (χ3v) is 5.58. The van der Waals surface area contributed by atoms with Crippen LogP contribution in [0.1, 0.15) is 18.1 Å². The second-order valence-corrected chi connectivity index (χ2v) is 8.13. The molecule has 1 unspecified atom stereocenters.